The number of fused-ring (bicyclic) bond motifs is 2. The molecule has 3 aromatic heterocycles. The fourth-order valence-electron chi connectivity index (χ4n) is 3.64. The molecule has 0 saturated carbocycles. The van der Waals surface area contributed by atoms with Crippen molar-refractivity contribution in [3.05, 3.63) is 78.4 Å². The molecule has 5 aromatic rings. The summed E-state index contributed by atoms with van der Waals surface area (Å²) < 4.78 is 9.53. The van der Waals surface area contributed by atoms with E-state index in [0.29, 0.717) is 5.78 Å². The van der Waals surface area contributed by atoms with Gasteiger partial charge in [-0.1, -0.05) is 30.3 Å². The molecular formula is C22H19N5O. The van der Waals surface area contributed by atoms with Crippen molar-refractivity contribution >= 4 is 16.7 Å². The maximum Gasteiger partial charge on any atom is 0.252 e. The molecule has 0 aliphatic carbocycles. The van der Waals surface area contributed by atoms with Gasteiger partial charge in [-0.3, -0.25) is 0 Å². The monoisotopic (exact) mass is 369 g/mol. The predicted octanol–water partition coefficient (Wildman–Crippen LogP) is 4.11. The topological polar surface area (TPSA) is 57.2 Å². The minimum absolute atomic E-state index is 0.599. The molecule has 0 N–H and O–H groups in total. The van der Waals surface area contributed by atoms with Gasteiger partial charge in [-0.05, 0) is 36.8 Å². The summed E-state index contributed by atoms with van der Waals surface area (Å²) in [5.74, 6) is 1.42. The Balaban J connectivity index is 1.77. The third kappa shape index (κ3) is 2.70. The van der Waals surface area contributed by atoms with Gasteiger partial charge in [0.05, 0.1) is 12.8 Å². The van der Waals surface area contributed by atoms with Crippen LogP contribution in [0.25, 0.3) is 27.9 Å². The lowest BCUT2D eigenvalue weighted by atomic mass is 10.1. The Bertz CT molecular complexity index is 1290. The van der Waals surface area contributed by atoms with Crippen molar-refractivity contribution in [2.45, 2.75) is 13.5 Å². The molecule has 0 fully saturated rings. The number of aromatic nitrogens is 5. The standard InChI is InChI=1S/C22H19N5O/c1-15-10-21(27-22(25-15)23-14-24-27)19-13-26(12-16-6-4-3-5-7-16)20-9-8-17(28-2)11-18(19)20/h3-11,13-14H,12H2,1-2H3. The highest BCUT2D eigenvalue weighted by Gasteiger charge is 2.16. The van der Waals surface area contributed by atoms with Crippen molar-refractivity contribution in [1.82, 2.24) is 24.1 Å². The molecule has 6 heteroatoms. The Labute approximate surface area is 162 Å². The van der Waals surface area contributed by atoms with E-state index in [1.165, 1.54) is 11.9 Å². The minimum Gasteiger partial charge on any atom is -0.497 e. The van der Waals surface area contributed by atoms with Crippen LogP contribution in [0.15, 0.2) is 67.1 Å². The second kappa shape index (κ2) is 6.49. The second-order valence-electron chi connectivity index (χ2n) is 6.79. The van der Waals surface area contributed by atoms with Crippen molar-refractivity contribution in [3.63, 3.8) is 0 Å². The molecule has 0 aliphatic heterocycles. The van der Waals surface area contributed by atoms with Gasteiger partial charge < -0.3 is 9.30 Å². The molecule has 0 saturated heterocycles. The molecule has 5 rings (SSSR count). The molecule has 0 radical (unpaired) electrons. The Hall–Kier alpha value is -3.67. The van der Waals surface area contributed by atoms with Crippen molar-refractivity contribution in [2.75, 3.05) is 7.11 Å². The van der Waals surface area contributed by atoms with E-state index in [-0.39, 0.29) is 0 Å². The largest absolute Gasteiger partial charge is 0.497 e. The van der Waals surface area contributed by atoms with Crippen molar-refractivity contribution in [2.24, 2.45) is 0 Å². The van der Waals surface area contributed by atoms with Crippen molar-refractivity contribution < 1.29 is 4.74 Å². The molecular weight excluding hydrogens is 350 g/mol. The molecule has 3 heterocycles. The number of methoxy groups -OCH3 is 1. The molecule has 28 heavy (non-hydrogen) atoms. The van der Waals surface area contributed by atoms with E-state index in [2.05, 4.69) is 62.2 Å². The number of aryl methyl sites for hydroxylation is 1. The summed E-state index contributed by atoms with van der Waals surface area (Å²) in [7, 11) is 1.69. The van der Waals surface area contributed by atoms with Crippen LogP contribution in [0.1, 0.15) is 11.3 Å². The molecule has 0 aliphatic rings. The number of benzene rings is 2. The zero-order chi connectivity index (χ0) is 19.1. The van der Waals surface area contributed by atoms with Crippen LogP contribution in [0.2, 0.25) is 0 Å². The number of hydrogen-bond donors (Lipinski definition) is 0. The number of ether oxygens (including phenoxy) is 1. The summed E-state index contributed by atoms with van der Waals surface area (Å²) in [4.78, 5) is 8.73. The lowest BCUT2D eigenvalue weighted by Crippen LogP contribution is -1.99. The Morgan fingerprint density at radius 3 is 2.71 bits per heavy atom. The summed E-state index contributed by atoms with van der Waals surface area (Å²) in [5, 5.41) is 5.49. The highest BCUT2D eigenvalue weighted by atomic mass is 16.5. The maximum absolute atomic E-state index is 5.48. The molecule has 0 unspecified atom stereocenters. The fraction of sp³-hybridized carbons (Fsp3) is 0.136. The number of rotatable bonds is 4. The highest BCUT2D eigenvalue weighted by molar-refractivity contribution is 5.96. The van der Waals surface area contributed by atoms with Gasteiger partial charge in [-0.25, -0.2) is 4.98 Å². The van der Waals surface area contributed by atoms with E-state index in [1.807, 2.05) is 25.1 Å². The van der Waals surface area contributed by atoms with Gasteiger partial charge in [0.2, 0.25) is 0 Å². The van der Waals surface area contributed by atoms with E-state index in [9.17, 15) is 0 Å². The summed E-state index contributed by atoms with van der Waals surface area (Å²) in [6.07, 6.45) is 3.71. The van der Waals surface area contributed by atoms with Crippen LogP contribution in [-0.4, -0.2) is 31.3 Å². The normalized spacial score (nSPS) is 11.4. The van der Waals surface area contributed by atoms with Crippen LogP contribution in [0, 0.1) is 6.92 Å². The van der Waals surface area contributed by atoms with E-state index in [0.717, 1.165) is 40.1 Å². The van der Waals surface area contributed by atoms with Crippen LogP contribution >= 0.6 is 0 Å². The maximum atomic E-state index is 5.48. The molecule has 0 atom stereocenters. The Morgan fingerprint density at radius 1 is 1.04 bits per heavy atom. The molecule has 0 bridgehead atoms. The first-order valence-corrected chi connectivity index (χ1v) is 9.11. The smallest absolute Gasteiger partial charge is 0.252 e. The molecule has 0 amide bonds. The van der Waals surface area contributed by atoms with Gasteiger partial charge in [0.1, 0.15) is 12.1 Å². The quantitative estimate of drug-likeness (QED) is 0.478. The second-order valence-corrected chi connectivity index (χ2v) is 6.79. The van der Waals surface area contributed by atoms with Gasteiger partial charge in [-0.2, -0.15) is 14.6 Å². The van der Waals surface area contributed by atoms with E-state index >= 15 is 0 Å². The van der Waals surface area contributed by atoms with E-state index in [1.54, 1.807) is 11.6 Å². The predicted molar refractivity (Wildman–Crippen MR) is 109 cm³/mol. The summed E-state index contributed by atoms with van der Waals surface area (Å²) in [6, 6.07) is 18.7. The van der Waals surface area contributed by atoms with Crippen LogP contribution < -0.4 is 4.74 Å². The molecule has 6 nitrogen and oxygen atoms in total. The van der Waals surface area contributed by atoms with E-state index in [4.69, 9.17) is 4.74 Å². The molecule has 0 spiro atoms. The third-order valence-corrected chi connectivity index (χ3v) is 4.94. The van der Waals surface area contributed by atoms with Gasteiger partial charge in [0.15, 0.2) is 0 Å². The van der Waals surface area contributed by atoms with Gasteiger partial charge >= 0.3 is 0 Å². The third-order valence-electron chi connectivity index (χ3n) is 4.94. The Morgan fingerprint density at radius 2 is 1.89 bits per heavy atom. The van der Waals surface area contributed by atoms with Gasteiger partial charge in [0, 0.05) is 34.9 Å². The van der Waals surface area contributed by atoms with Gasteiger partial charge in [0.25, 0.3) is 5.78 Å². The average Bonchev–Trinajstić information content (AvgIpc) is 3.32. The van der Waals surface area contributed by atoms with Gasteiger partial charge in [-0.15, -0.1) is 0 Å². The zero-order valence-corrected chi connectivity index (χ0v) is 15.7. The average molecular weight is 369 g/mol. The lowest BCUT2D eigenvalue weighted by molar-refractivity contribution is 0.415. The molecule has 138 valence electrons. The first kappa shape index (κ1) is 16.5. The van der Waals surface area contributed by atoms with Crippen LogP contribution in [0.4, 0.5) is 0 Å². The zero-order valence-electron chi connectivity index (χ0n) is 15.7. The van der Waals surface area contributed by atoms with E-state index < -0.39 is 0 Å². The first-order valence-electron chi connectivity index (χ1n) is 9.11. The Kier molecular flexibility index (Phi) is 3.83. The van der Waals surface area contributed by atoms with Crippen LogP contribution in [0.3, 0.4) is 0 Å². The SMILES string of the molecule is COc1ccc2c(c1)c(-c1cc(C)nc3ncnn13)cn2Cc1ccccc1. The first-order chi connectivity index (χ1) is 13.7. The number of nitrogens with zero attached hydrogens (tertiary/aromatic N) is 5. The van der Waals surface area contributed by atoms with Crippen molar-refractivity contribution in [1.29, 1.82) is 0 Å². The molecule has 2 aromatic carbocycles. The number of hydrogen-bond acceptors (Lipinski definition) is 4. The summed E-state index contributed by atoms with van der Waals surface area (Å²) in [6.45, 7) is 2.76. The lowest BCUT2D eigenvalue weighted by Gasteiger charge is -2.06. The minimum atomic E-state index is 0.599. The fourth-order valence-corrected chi connectivity index (χ4v) is 3.64. The summed E-state index contributed by atoms with van der Waals surface area (Å²) in [5.41, 5.74) is 5.33. The summed E-state index contributed by atoms with van der Waals surface area (Å²) >= 11 is 0. The van der Waals surface area contributed by atoms with Crippen LogP contribution in [-0.2, 0) is 6.54 Å². The highest BCUT2D eigenvalue weighted by Crippen LogP contribution is 2.33. The van der Waals surface area contributed by atoms with Crippen molar-refractivity contribution in [3.8, 4) is 17.0 Å². The van der Waals surface area contributed by atoms with Crippen LogP contribution in [0.5, 0.6) is 5.75 Å².